The van der Waals surface area contributed by atoms with E-state index in [0.29, 0.717) is 24.2 Å². The Balaban J connectivity index is 2.65. The monoisotopic (exact) mass is 255 g/mol. The Morgan fingerprint density at radius 2 is 2.06 bits per heavy atom. The molecule has 5 heteroatoms. The lowest BCUT2D eigenvalue weighted by Crippen LogP contribution is -2.40. The molecular formula is C13H25N3O2. The van der Waals surface area contributed by atoms with E-state index in [2.05, 4.69) is 24.0 Å². The van der Waals surface area contributed by atoms with Crippen LogP contribution >= 0.6 is 0 Å². The Morgan fingerprint density at radius 1 is 1.39 bits per heavy atom. The first kappa shape index (κ1) is 15.1. The molecule has 2 unspecified atom stereocenters. The molecule has 0 saturated heterocycles. The number of hydrogen-bond donors (Lipinski definition) is 1. The van der Waals surface area contributed by atoms with Gasteiger partial charge in [0.2, 0.25) is 5.89 Å². The van der Waals surface area contributed by atoms with Gasteiger partial charge < -0.3 is 15.0 Å². The summed E-state index contributed by atoms with van der Waals surface area (Å²) in [5.74, 6) is 1.70. The zero-order chi connectivity index (χ0) is 13.8. The van der Waals surface area contributed by atoms with Gasteiger partial charge in [0.05, 0.1) is 12.7 Å². The number of ether oxygens (including phenoxy) is 1. The SMILES string of the molecule is CCC(C)Cc1nc(C(C)(N)COC(C)C)no1. The maximum absolute atomic E-state index is 6.15. The van der Waals surface area contributed by atoms with Crippen LogP contribution in [0.2, 0.25) is 0 Å². The standard InChI is InChI=1S/C13H25N3O2/c1-6-10(4)7-11-15-12(16-18-11)13(5,14)8-17-9(2)3/h9-10H,6-8,14H2,1-5H3. The smallest absolute Gasteiger partial charge is 0.226 e. The molecule has 2 atom stereocenters. The minimum atomic E-state index is -0.707. The van der Waals surface area contributed by atoms with Crippen LogP contribution in [0.1, 0.15) is 52.8 Å². The van der Waals surface area contributed by atoms with Crippen molar-refractivity contribution in [2.45, 2.75) is 59.1 Å². The molecule has 0 radical (unpaired) electrons. The zero-order valence-corrected chi connectivity index (χ0v) is 12.1. The second kappa shape index (κ2) is 6.29. The predicted octanol–water partition coefficient (Wildman–Crippen LogP) is 2.26. The van der Waals surface area contributed by atoms with Gasteiger partial charge in [-0.3, -0.25) is 0 Å². The van der Waals surface area contributed by atoms with E-state index in [1.807, 2.05) is 20.8 Å². The zero-order valence-electron chi connectivity index (χ0n) is 12.1. The Morgan fingerprint density at radius 3 is 2.61 bits per heavy atom. The Hall–Kier alpha value is -0.940. The molecule has 104 valence electrons. The molecule has 5 nitrogen and oxygen atoms in total. The maximum Gasteiger partial charge on any atom is 0.226 e. The Kier molecular flexibility index (Phi) is 5.28. The van der Waals surface area contributed by atoms with Gasteiger partial charge in [-0.25, -0.2) is 0 Å². The van der Waals surface area contributed by atoms with Gasteiger partial charge in [0.25, 0.3) is 0 Å². The van der Waals surface area contributed by atoms with Crippen molar-refractivity contribution in [1.82, 2.24) is 10.1 Å². The summed E-state index contributed by atoms with van der Waals surface area (Å²) in [7, 11) is 0. The van der Waals surface area contributed by atoms with Crippen LogP contribution in [0, 0.1) is 5.92 Å². The van der Waals surface area contributed by atoms with Gasteiger partial charge in [0.1, 0.15) is 5.54 Å². The molecule has 0 aromatic carbocycles. The molecule has 1 heterocycles. The van der Waals surface area contributed by atoms with Crippen LogP contribution in [0.4, 0.5) is 0 Å². The third kappa shape index (κ3) is 4.38. The summed E-state index contributed by atoms with van der Waals surface area (Å²) in [5.41, 5.74) is 5.45. The van der Waals surface area contributed by atoms with Crippen LogP contribution in [-0.2, 0) is 16.7 Å². The lowest BCUT2D eigenvalue weighted by Gasteiger charge is -2.21. The fourth-order valence-corrected chi connectivity index (χ4v) is 1.42. The van der Waals surface area contributed by atoms with Crippen molar-refractivity contribution in [2.75, 3.05) is 6.61 Å². The molecule has 18 heavy (non-hydrogen) atoms. The normalized spacial score (nSPS) is 16.8. The summed E-state index contributed by atoms with van der Waals surface area (Å²) in [6.07, 6.45) is 2.03. The quantitative estimate of drug-likeness (QED) is 0.809. The molecule has 0 aliphatic heterocycles. The molecule has 1 aromatic rings. The predicted molar refractivity (Wildman–Crippen MR) is 70.1 cm³/mol. The number of nitrogens with two attached hydrogens (primary N) is 1. The van der Waals surface area contributed by atoms with Crippen molar-refractivity contribution < 1.29 is 9.26 Å². The Bertz CT molecular complexity index is 361. The van der Waals surface area contributed by atoms with Crippen LogP contribution in [0.5, 0.6) is 0 Å². The van der Waals surface area contributed by atoms with Crippen molar-refractivity contribution in [3.8, 4) is 0 Å². The second-order valence-electron chi connectivity index (χ2n) is 5.51. The van der Waals surface area contributed by atoms with Crippen LogP contribution < -0.4 is 5.73 Å². The van der Waals surface area contributed by atoms with Crippen LogP contribution in [-0.4, -0.2) is 22.9 Å². The molecule has 1 rings (SSSR count). The van der Waals surface area contributed by atoms with E-state index in [4.69, 9.17) is 15.0 Å². The molecule has 0 fully saturated rings. The highest BCUT2D eigenvalue weighted by molar-refractivity contribution is 5.02. The summed E-state index contributed by atoms with van der Waals surface area (Å²) in [4.78, 5) is 4.37. The molecular weight excluding hydrogens is 230 g/mol. The fourth-order valence-electron chi connectivity index (χ4n) is 1.42. The summed E-state index contributed by atoms with van der Waals surface area (Å²) in [5, 5.41) is 3.96. The third-order valence-corrected chi connectivity index (χ3v) is 2.92. The summed E-state index contributed by atoms with van der Waals surface area (Å²) in [6, 6.07) is 0. The molecule has 1 aromatic heterocycles. The minimum absolute atomic E-state index is 0.138. The van der Waals surface area contributed by atoms with Gasteiger partial charge in [-0.05, 0) is 26.7 Å². The average Bonchev–Trinajstić information content (AvgIpc) is 2.75. The van der Waals surface area contributed by atoms with E-state index >= 15 is 0 Å². The molecule has 0 aliphatic rings. The lowest BCUT2D eigenvalue weighted by molar-refractivity contribution is 0.0410. The van der Waals surface area contributed by atoms with Gasteiger partial charge in [-0.15, -0.1) is 0 Å². The molecule has 0 spiro atoms. The van der Waals surface area contributed by atoms with E-state index in [9.17, 15) is 0 Å². The van der Waals surface area contributed by atoms with Crippen LogP contribution in [0.15, 0.2) is 4.52 Å². The molecule has 0 saturated carbocycles. The maximum atomic E-state index is 6.15. The number of aromatic nitrogens is 2. The summed E-state index contributed by atoms with van der Waals surface area (Å²) in [6.45, 7) is 10.5. The van der Waals surface area contributed by atoms with E-state index < -0.39 is 5.54 Å². The van der Waals surface area contributed by atoms with E-state index in [1.165, 1.54) is 0 Å². The summed E-state index contributed by atoms with van der Waals surface area (Å²) >= 11 is 0. The molecule has 2 N–H and O–H groups in total. The van der Waals surface area contributed by atoms with Gasteiger partial charge in [0, 0.05) is 6.42 Å². The second-order valence-corrected chi connectivity index (χ2v) is 5.51. The highest BCUT2D eigenvalue weighted by atomic mass is 16.5. The topological polar surface area (TPSA) is 74.2 Å². The fraction of sp³-hybridized carbons (Fsp3) is 0.846. The highest BCUT2D eigenvalue weighted by Gasteiger charge is 2.28. The first-order valence-corrected chi connectivity index (χ1v) is 6.58. The lowest BCUT2D eigenvalue weighted by atomic mass is 10.0. The van der Waals surface area contributed by atoms with Gasteiger partial charge in [-0.1, -0.05) is 25.4 Å². The minimum Gasteiger partial charge on any atom is -0.376 e. The van der Waals surface area contributed by atoms with E-state index in [1.54, 1.807) is 0 Å². The van der Waals surface area contributed by atoms with Crippen molar-refractivity contribution in [2.24, 2.45) is 11.7 Å². The highest BCUT2D eigenvalue weighted by Crippen LogP contribution is 2.17. The molecule has 0 bridgehead atoms. The van der Waals surface area contributed by atoms with E-state index in [-0.39, 0.29) is 6.10 Å². The molecule has 0 aliphatic carbocycles. The number of rotatable bonds is 7. The number of nitrogens with zero attached hydrogens (tertiary/aromatic N) is 2. The first-order chi connectivity index (χ1) is 8.35. The van der Waals surface area contributed by atoms with Crippen molar-refractivity contribution in [3.05, 3.63) is 11.7 Å². The van der Waals surface area contributed by atoms with Crippen LogP contribution in [0.3, 0.4) is 0 Å². The van der Waals surface area contributed by atoms with Crippen molar-refractivity contribution in [1.29, 1.82) is 0 Å². The number of hydrogen-bond acceptors (Lipinski definition) is 5. The van der Waals surface area contributed by atoms with E-state index in [0.717, 1.165) is 12.8 Å². The largest absolute Gasteiger partial charge is 0.376 e. The van der Waals surface area contributed by atoms with Gasteiger partial charge in [0.15, 0.2) is 5.82 Å². The first-order valence-electron chi connectivity index (χ1n) is 6.58. The molecule has 0 amide bonds. The Labute approximate surface area is 109 Å². The average molecular weight is 255 g/mol. The van der Waals surface area contributed by atoms with Gasteiger partial charge in [-0.2, -0.15) is 4.98 Å². The summed E-state index contributed by atoms with van der Waals surface area (Å²) < 4.78 is 10.8. The third-order valence-electron chi connectivity index (χ3n) is 2.92. The van der Waals surface area contributed by atoms with Gasteiger partial charge >= 0.3 is 0 Å². The van der Waals surface area contributed by atoms with Crippen molar-refractivity contribution in [3.63, 3.8) is 0 Å². The van der Waals surface area contributed by atoms with Crippen LogP contribution in [0.25, 0.3) is 0 Å². The van der Waals surface area contributed by atoms with Crippen molar-refractivity contribution >= 4 is 0 Å².